The minimum atomic E-state index is 1.09. The van der Waals surface area contributed by atoms with Gasteiger partial charge in [-0.1, -0.05) is 51.2 Å². The van der Waals surface area contributed by atoms with E-state index in [0.717, 1.165) is 6.42 Å². The molecule has 0 atom stereocenters. The molecule has 0 fully saturated rings. The lowest BCUT2D eigenvalue weighted by atomic mass is 10.1. The summed E-state index contributed by atoms with van der Waals surface area (Å²) in [5, 5.41) is 0. The highest BCUT2D eigenvalue weighted by Gasteiger charge is 1.94. The molecule has 15 heavy (non-hydrogen) atoms. The summed E-state index contributed by atoms with van der Waals surface area (Å²) in [5.41, 5.74) is 1.48. The Morgan fingerprint density at radius 1 is 0.867 bits per heavy atom. The maximum atomic E-state index is 3.86. The molecule has 1 heteroatoms. The Morgan fingerprint density at radius 2 is 1.47 bits per heavy atom. The minimum absolute atomic E-state index is 1.09. The van der Waals surface area contributed by atoms with Crippen molar-refractivity contribution in [2.24, 2.45) is 0 Å². The number of hydrogen-bond donors (Lipinski definition) is 0. The molecule has 1 rings (SSSR count). The largest absolute Gasteiger partial charge is 0.0580 e. The van der Waals surface area contributed by atoms with Crippen molar-refractivity contribution in [3.8, 4) is 0 Å². The Kier molecular flexibility index (Phi) is 7.07. The van der Waals surface area contributed by atoms with Crippen LogP contribution in [0.3, 0.4) is 0 Å². The highest BCUT2D eigenvalue weighted by molar-refractivity contribution is 14.1. The number of unbranched alkanes of at least 4 members (excludes halogenated alkanes) is 5. The van der Waals surface area contributed by atoms with Crippen molar-refractivity contribution in [2.75, 3.05) is 0 Å². The van der Waals surface area contributed by atoms with Gasteiger partial charge in [0, 0.05) is 3.57 Å². The van der Waals surface area contributed by atoms with Crippen molar-refractivity contribution in [1.29, 1.82) is 0 Å². The summed E-state index contributed by atoms with van der Waals surface area (Å²) in [5.74, 6) is 0. The average Bonchev–Trinajstić information content (AvgIpc) is 2.26. The second kappa shape index (κ2) is 8.14. The van der Waals surface area contributed by atoms with Gasteiger partial charge in [0.05, 0.1) is 0 Å². The summed E-state index contributed by atoms with van der Waals surface area (Å²) in [6.07, 6.45) is 9.06. The molecule has 1 radical (unpaired) electrons. The minimum Gasteiger partial charge on any atom is -0.0580 e. The van der Waals surface area contributed by atoms with E-state index < -0.39 is 0 Å². The van der Waals surface area contributed by atoms with Crippen LogP contribution in [0.5, 0.6) is 0 Å². The van der Waals surface area contributed by atoms with Crippen LogP contribution in [0.2, 0.25) is 0 Å². The molecule has 0 unspecified atom stereocenters. The van der Waals surface area contributed by atoms with Gasteiger partial charge in [0.1, 0.15) is 0 Å². The standard InChI is InChI=1S/C14H20I/c1-2-3-4-5-6-7-8-13-9-11-14(15)12-10-13/h9-12H,1-8H2. The maximum absolute atomic E-state index is 3.86. The number of halogens is 1. The van der Waals surface area contributed by atoms with Crippen LogP contribution >= 0.6 is 22.6 Å². The molecule has 0 aliphatic rings. The second-order valence-electron chi connectivity index (χ2n) is 4.00. The molecule has 0 heterocycles. The molecule has 0 saturated heterocycles. The van der Waals surface area contributed by atoms with Gasteiger partial charge >= 0.3 is 0 Å². The molecule has 83 valence electrons. The number of rotatable bonds is 7. The van der Waals surface area contributed by atoms with Crippen molar-refractivity contribution >= 4 is 22.6 Å². The second-order valence-corrected chi connectivity index (χ2v) is 5.24. The summed E-state index contributed by atoms with van der Waals surface area (Å²) in [6, 6.07) is 8.88. The highest BCUT2D eigenvalue weighted by atomic mass is 127. The van der Waals surface area contributed by atoms with Crippen molar-refractivity contribution in [3.05, 3.63) is 40.3 Å². The van der Waals surface area contributed by atoms with Crippen molar-refractivity contribution in [3.63, 3.8) is 0 Å². The molecule has 1 aromatic carbocycles. The van der Waals surface area contributed by atoms with E-state index in [4.69, 9.17) is 0 Å². The smallest absolute Gasteiger partial charge is 0.0130 e. The first-order valence-corrected chi connectivity index (χ1v) is 6.94. The third-order valence-corrected chi connectivity index (χ3v) is 3.35. The van der Waals surface area contributed by atoms with Crippen LogP contribution in [0, 0.1) is 10.5 Å². The molecule has 0 spiro atoms. The summed E-state index contributed by atoms with van der Waals surface area (Å²) < 4.78 is 1.33. The topological polar surface area (TPSA) is 0 Å². The predicted octanol–water partition coefficient (Wildman–Crippen LogP) is 5.01. The van der Waals surface area contributed by atoms with Crippen molar-refractivity contribution in [2.45, 2.75) is 44.9 Å². The molecular formula is C14H20I. The van der Waals surface area contributed by atoms with Gasteiger partial charge in [-0.15, -0.1) is 0 Å². The van der Waals surface area contributed by atoms with Gasteiger partial charge in [-0.05, 0) is 53.1 Å². The Hall–Kier alpha value is -0.0500. The Labute approximate surface area is 108 Å². The molecule has 0 aliphatic carbocycles. The summed E-state index contributed by atoms with van der Waals surface area (Å²) in [7, 11) is 0. The molecule has 0 nitrogen and oxygen atoms in total. The van der Waals surface area contributed by atoms with E-state index in [2.05, 4.69) is 53.8 Å². The van der Waals surface area contributed by atoms with E-state index in [1.165, 1.54) is 47.7 Å². The van der Waals surface area contributed by atoms with Crippen LogP contribution in [0.4, 0.5) is 0 Å². The van der Waals surface area contributed by atoms with Crippen LogP contribution in [0.25, 0.3) is 0 Å². The number of benzene rings is 1. The Balaban J connectivity index is 2.07. The summed E-state index contributed by atoms with van der Waals surface area (Å²) in [6.45, 7) is 3.86. The predicted molar refractivity (Wildman–Crippen MR) is 75.9 cm³/mol. The fraction of sp³-hybridized carbons (Fsp3) is 0.500. The van der Waals surface area contributed by atoms with Crippen molar-refractivity contribution < 1.29 is 0 Å². The maximum Gasteiger partial charge on any atom is 0.0130 e. The summed E-state index contributed by atoms with van der Waals surface area (Å²) >= 11 is 2.35. The van der Waals surface area contributed by atoms with Gasteiger partial charge in [-0.3, -0.25) is 0 Å². The zero-order valence-electron chi connectivity index (χ0n) is 9.34. The lowest BCUT2D eigenvalue weighted by molar-refractivity contribution is 0.617. The molecule has 0 amide bonds. The lowest BCUT2D eigenvalue weighted by Gasteiger charge is -2.02. The molecular weight excluding hydrogens is 295 g/mol. The van der Waals surface area contributed by atoms with Gasteiger partial charge in [0.15, 0.2) is 0 Å². The quantitative estimate of drug-likeness (QED) is 0.490. The van der Waals surface area contributed by atoms with Crippen LogP contribution < -0.4 is 0 Å². The lowest BCUT2D eigenvalue weighted by Crippen LogP contribution is -1.86. The number of hydrogen-bond acceptors (Lipinski definition) is 0. The molecule has 0 N–H and O–H groups in total. The van der Waals surface area contributed by atoms with E-state index in [1.807, 2.05) is 0 Å². The van der Waals surface area contributed by atoms with Gasteiger partial charge in [0.25, 0.3) is 0 Å². The van der Waals surface area contributed by atoms with E-state index in [0.29, 0.717) is 0 Å². The van der Waals surface area contributed by atoms with E-state index in [-0.39, 0.29) is 0 Å². The zero-order chi connectivity index (χ0) is 10.9. The first kappa shape index (κ1) is 13.0. The normalized spacial score (nSPS) is 10.5. The molecule has 0 aromatic heterocycles. The van der Waals surface area contributed by atoms with Crippen LogP contribution in [-0.4, -0.2) is 0 Å². The fourth-order valence-electron chi connectivity index (χ4n) is 1.69. The van der Waals surface area contributed by atoms with Crippen molar-refractivity contribution in [1.82, 2.24) is 0 Å². The number of aryl methyl sites for hydroxylation is 1. The van der Waals surface area contributed by atoms with Crippen LogP contribution in [0.15, 0.2) is 24.3 Å². The van der Waals surface area contributed by atoms with Gasteiger partial charge < -0.3 is 0 Å². The Bertz CT molecular complexity index is 251. The monoisotopic (exact) mass is 315 g/mol. The summed E-state index contributed by atoms with van der Waals surface area (Å²) in [4.78, 5) is 0. The van der Waals surface area contributed by atoms with E-state index in [9.17, 15) is 0 Å². The van der Waals surface area contributed by atoms with Gasteiger partial charge in [-0.25, -0.2) is 0 Å². The Morgan fingerprint density at radius 3 is 2.13 bits per heavy atom. The van der Waals surface area contributed by atoms with Gasteiger partial charge in [0.2, 0.25) is 0 Å². The molecule has 0 bridgehead atoms. The molecule has 0 saturated carbocycles. The fourth-order valence-corrected chi connectivity index (χ4v) is 2.05. The first-order valence-electron chi connectivity index (χ1n) is 5.86. The zero-order valence-corrected chi connectivity index (χ0v) is 11.5. The molecule has 1 aromatic rings. The highest BCUT2D eigenvalue weighted by Crippen LogP contribution is 2.11. The van der Waals surface area contributed by atoms with E-state index in [1.54, 1.807) is 0 Å². The van der Waals surface area contributed by atoms with Crippen LogP contribution in [-0.2, 0) is 6.42 Å². The molecule has 0 aliphatic heterocycles. The SMILES string of the molecule is [CH2]CCCCCCCc1ccc(I)cc1. The van der Waals surface area contributed by atoms with E-state index >= 15 is 0 Å². The average molecular weight is 315 g/mol. The third-order valence-electron chi connectivity index (χ3n) is 2.63. The third kappa shape index (κ3) is 6.18. The first-order chi connectivity index (χ1) is 7.33. The van der Waals surface area contributed by atoms with Crippen LogP contribution in [0.1, 0.15) is 44.1 Å². The van der Waals surface area contributed by atoms with Gasteiger partial charge in [-0.2, -0.15) is 0 Å².